The molecule has 0 saturated heterocycles. The monoisotopic (exact) mass is 1510 g/mol. The third kappa shape index (κ3) is 75.3. The summed E-state index contributed by atoms with van der Waals surface area (Å²) in [5.74, 6) is -0.363. The van der Waals surface area contributed by atoms with Crippen LogP contribution in [0.25, 0.3) is 0 Å². The fourth-order valence-corrected chi connectivity index (χ4v) is 14.6. The van der Waals surface area contributed by atoms with Gasteiger partial charge in [0.2, 0.25) is 0 Å². The number of unbranched alkanes of at least 4 members (excludes halogenated alkanes) is 51. The van der Waals surface area contributed by atoms with Crippen molar-refractivity contribution >= 4 is 39.5 Å². The number of phosphoric ester groups is 2. The van der Waals surface area contributed by atoms with Crippen LogP contribution in [-0.2, 0) is 65.4 Å². The summed E-state index contributed by atoms with van der Waals surface area (Å²) in [5.41, 5.74) is 0. The van der Waals surface area contributed by atoms with E-state index in [1.54, 1.807) is 0 Å². The molecule has 4 unspecified atom stereocenters. The lowest BCUT2D eigenvalue weighted by Crippen LogP contribution is -2.30. The van der Waals surface area contributed by atoms with E-state index in [0.29, 0.717) is 25.7 Å². The molecule has 0 rings (SSSR count). The lowest BCUT2D eigenvalue weighted by molar-refractivity contribution is -0.161. The maximum absolute atomic E-state index is 13.1. The van der Waals surface area contributed by atoms with E-state index in [4.69, 9.17) is 37.0 Å². The summed E-state index contributed by atoms with van der Waals surface area (Å²) in [5, 5.41) is 10.6. The lowest BCUT2D eigenvalue weighted by Gasteiger charge is -2.21. The van der Waals surface area contributed by atoms with E-state index in [9.17, 15) is 43.2 Å². The van der Waals surface area contributed by atoms with E-state index in [2.05, 4.69) is 41.5 Å². The number of carbonyl (C=O) groups excluding carboxylic acids is 4. The van der Waals surface area contributed by atoms with Crippen molar-refractivity contribution in [3.63, 3.8) is 0 Å². The molecule has 0 aromatic heterocycles. The second-order valence-electron chi connectivity index (χ2n) is 30.7. The molecule has 0 aliphatic rings. The van der Waals surface area contributed by atoms with Crippen LogP contribution >= 0.6 is 15.6 Å². The highest BCUT2D eigenvalue weighted by atomic mass is 31.2. The Morgan fingerprint density at radius 2 is 0.466 bits per heavy atom. The van der Waals surface area contributed by atoms with Crippen LogP contribution in [-0.4, -0.2) is 96.7 Å². The standard InChI is InChI=1S/C84H164O17P2/c1-7-11-13-15-17-19-43-50-56-62-68-83(88)100-79(72-94-81(86)66-60-54-48-40-18-16-14-12-8-2)74-98-102(90,91)96-70-78(85)71-97-103(92,93)99-75-80(101-84(89)69-63-57-51-45-39-35-31-27-23-21-25-29-33-37-42-47-53-59-65-77(6)10-4)73-95-82(87)67-61-55-49-44-38-34-30-26-22-20-24-28-32-36-41-46-52-58-64-76(5)9-3/h76-80,85H,7-75H2,1-6H3,(H,90,91)(H,92,93)/t76?,77?,78-,79+,80+/m0/s1. The summed E-state index contributed by atoms with van der Waals surface area (Å²) in [6, 6.07) is 0. The maximum Gasteiger partial charge on any atom is 0.472 e. The number of esters is 4. The molecule has 0 aromatic rings. The summed E-state index contributed by atoms with van der Waals surface area (Å²) in [4.78, 5) is 73.0. The number of rotatable bonds is 83. The molecule has 0 fully saturated rings. The fourth-order valence-electron chi connectivity index (χ4n) is 13.0. The van der Waals surface area contributed by atoms with E-state index < -0.39 is 97.5 Å². The first-order chi connectivity index (χ1) is 49.9. The molecule has 7 atom stereocenters. The smallest absolute Gasteiger partial charge is 0.462 e. The lowest BCUT2D eigenvalue weighted by atomic mass is 9.99. The number of aliphatic hydroxyl groups is 1. The molecule has 19 heteroatoms. The van der Waals surface area contributed by atoms with E-state index in [0.717, 1.165) is 102 Å². The minimum atomic E-state index is -4.96. The fraction of sp³-hybridized carbons (Fsp3) is 0.952. The molecule has 0 bridgehead atoms. The highest BCUT2D eigenvalue weighted by Crippen LogP contribution is 2.45. The molecule has 612 valence electrons. The van der Waals surface area contributed by atoms with Crippen LogP contribution < -0.4 is 0 Å². The molecule has 0 saturated carbocycles. The summed E-state index contributed by atoms with van der Waals surface area (Å²) >= 11 is 0. The van der Waals surface area contributed by atoms with Gasteiger partial charge in [-0.1, -0.05) is 395 Å². The third-order valence-electron chi connectivity index (χ3n) is 20.4. The van der Waals surface area contributed by atoms with Gasteiger partial charge >= 0.3 is 39.5 Å². The second kappa shape index (κ2) is 75.5. The van der Waals surface area contributed by atoms with Gasteiger partial charge in [0.05, 0.1) is 26.4 Å². The highest BCUT2D eigenvalue weighted by Gasteiger charge is 2.30. The Labute approximate surface area is 632 Å². The minimum absolute atomic E-state index is 0.107. The predicted octanol–water partition coefficient (Wildman–Crippen LogP) is 25.5. The molecule has 17 nitrogen and oxygen atoms in total. The second-order valence-corrected chi connectivity index (χ2v) is 33.6. The average Bonchev–Trinajstić information content (AvgIpc) is 0.943. The van der Waals surface area contributed by atoms with Gasteiger partial charge in [-0.2, -0.15) is 0 Å². The number of hydrogen-bond acceptors (Lipinski definition) is 15. The summed E-state index contributed by atoms with van der Waals surface area (Å²) in [6.07, 6.45) is 66.7. The first-order valence-corrected chi connectivity index (χ1v) is 46.6. The zero-order valence-corrected chi connectivity index (χ0v) is 69.4. The predicted molar refractivity (Wildman–Crippen MR) is 423 cm³/mol. The SMILES string of the molecule is CCCCCCCCCCCCC(=O)O[C@H](COC(=O)CCCCCCCCCCC)COP(=O)(O)OC[C@H](O)COP(=O)(O)OC[C@@H](COC(=O)CCCCCCCCCCCCCCCCCCCCC(C)CC)OC(=O)CCCCCCCCCCCCCCCCCCCCC(C)CC. The summed E-state index contributed by atoms with van der Waals surface area (Å²) in [6.45, 7) is 9.75. The van der Waals surface area contributed by atoms with Gasteiger partial charge in [0.1, 0.15) is 19.3 Å². The van der Waals surface area contributed by atoms with Crippen LogP contribution in [0.4, 0.5) is 0 Å². The molecule has 0 aromatic carbocycles. The Morgan fingerprint density at radius 3 is 0.689 bits per heavy atom. The van der Waals surface area contributed by atoms with Crippen LogP contribution in [0, 0.1) is 11.8 Å². The molecule has 0 aliphatic carbocycles. The van der Waals surface area contributed by atoms with Crippen molar-refractivity contribution in [3.05, 3.63) is 0 Å². The van der Waals surface area contributed by atoms with Gasteiger partial charge in [0.15, 0.2) is 12.2 Å². The molecule has 0 heterocycles. The van der Waals surface area contributed by atoms with Gasteiger partial charge in [-0.3, -0.25) is 37.3 Å². The van der Waals surface area contributed by atoms with Crippen molar-refractivity contribution in [1.29, 1.82) is 0 Å². The summed E-state index contributed by atoms with van der Waals surface area (Å²) < 4.78 is 68.7. The van der Waals surface area contributed by atoms with Gasteiger partial charge in [0.25, 0.3) is 0 Å². The third-order valence-corrected chi connectivity index (χ3v) is 22.3. The van der Waals surface area contributed by atoms with Crippen molar-refractivity contribution in [2.75, 3.05) is 39.6 Å². The number of ether oxygens (including phenoxy) is 4. The normalized spacial score (nSPS) is 14.4. The van der Waals surface area contributed by atoms with Gasteiger partial charge in [0, 0.05) is 25.7 Å². The van der Waals surface area contributed by atoms with Gasteiger partial charge in [-0.15, -0.1) is 0 Å². The minimum Gasteiger partial charge on any atom is -0.462 e. The molecule has 0 spiro atoms. The maximum atomic E-state index is 13.1. The van der Waals surface area contributed by atoms with Crippen molar-refractivity contribution in [1.82, 2.24) is 0 Å². The number of aliphatic hydroxyl groups excluding tert-OH is 1. The van der Waals surface area contributed by atoms with E-state index in [-0.39, 0.29) is 25.7 Å². The Kier molecular flexibility index (Phi) is 74.1. The molecule has 103 heavy (non-hydrogen) atoms. The quantitative estimate of drug-likeness (QED) is 0.0222. The Hall–Kier alpha value is -1.94. The Bertz CT molecular complexity index is 1980. The van der Waals surface area contributed by atoms with Crippen LogP contribution in [0.15, 0.2) is 0 Å². The van der Waals surface area contributed by atoms with Crippen LogP contribution in [0.5, 0.6) is 0 Å². The number of carbonyl (C=O) groups is 4. The Balaban J connectivity index is 5.15. The van der Waals surface area contributed by atoms with E-state index in [1.807, 2.05) is 0 Å². The highest BCUT2D eigenvalue weighted by molar-refractivity contribution is 7.47. The molecular weight excluding hydrogens is 1340 g/mol. The van der Waals surface area contributed by atoms with Gasteiger partial charge in [-0.05, 0) is 37.5 Å². The largest absolute Gasteiger partial charge is 0.472 e. The first-order valence-electron chi connectivity index (χ1n) is 43.6. The molecule has 0 radical (unpaired) electrons. The zero-order valence-electron chi connectivity index (χ0n) is 67.6. The molecule has 0 aliphatic heterocycles. The molecular formula is C84H164O17P2. The van der Waals surface area contributed by atoms with Crippen LogP contribution in [0.3, 0.4) is 0 Å². The molecule has 0 amide bonds. The number of hydrogen-bond donors (Lipinski definition) is 3. The van der Waals surface area contributed by atoms with Crippen molar-refractivity contribution < 1.29 is 80.2 Å². The first kappa shape index (κ1) is 101. The topological polar surface area (TPSA) is 237 Å². The zero-order chi connectivity index (χ0) is 75.6. The van der Waals surface area contributed by atoms with E-state index >= 15 is 0 Å². The number of phosphoric acid groups is 2. The van der Waals surface area contributed by atoms with Crippen LogP contribution in [0.2, 0.25) is 0 Å². The van der Waals surface area contributed by atoms with Gasteiger partial charge in [-0.25, -0.2) is 9.13 Å². The van der Waals surface area contributed by atoms with Gasteiger partial charge < -0.3 is 33.8 Å². The summed E-state index contributed by atoms with van der Waals surface area (Å²) in [7, 11) is -9.92. The van der Waals surface area contributed by atoms with E-state index in [1.165, 1.54) is 263 Å². The average molecular weight is 1510 g/mol. The Morgan fingerprint density at radius 1 is 0.272 bits per heavy atom. The van der Waals surface area contributed by atoms with Crippen molar-refractivity contribution in [2.45, 2.75) is 464 Å². The van der Waals surface area contributed by atoms with Crippen molar-refractivity contribution in [2.24, 2.45) is 11.8 Å². The molecule has 3 N–H and O–H groups in total. The van der Waals surface area contributed by atoms with Crippen LogP contribution in [0.1, 0.15) is 446 Å². The van der Waals surface area contributed by atoms with Crippen molar-refractivity contribution in [3.8, 4) is 0 Å².